The molecule has 1 N–H and O–H groups in total. The summed E-state index contributed by atoms with van der Waals surface area (Å²) in [5.74, 6) is 0.703. The van der Waals surface area contributed by atoms with Gasteiger partial charge in [0.05, 0.1) is 18.2 Å². The van der Waals surface area contributed by atoms with E-state index < -0.39 is 10.0 Å². The zero-order valence-corrected chi connectivity index (χ0v) is 17.4. The normalized spacial score (nSPS) is 27.3. The van der Waals surface area contributed by atoms with Crippen LogP contribution in [0.2, 0.25) is 5.02 Å². The lowest BCUT2D eigenvalue weighted by molar-refractivity contribution is 0.0730. The first-order valence-electron chi connectivity index (χ1n) is 9.49. The number of sulfonamides is 1. The van der Waals surface area contributed by atoms with Crippen LogP contribution in [0.25, 0.3) is 0 Å². The van der Waals surface area contributed by atoms with Crippen molar-refractivity contribution in [3.63, 3.8) is 0 Å². The van der Waals surface area contributed by atoms with Gasteiger partial charge in [-0.3, -0.25) is 4.79 Å². The quantitative estimate of drug-likeness (QED) is 0.821. The van der Waals surface area contributed by atoms with E-state index in [1.165, 1.54) is 22.9 Å². The Bertz CT molecular complexity index is 793. The molecule has 0 radical (unpaired) electrons. The van der Waals surface area contributed by atoms with E-state index in [4.69, 9.17) is 16.3 Å². The second-order valence-corrected chi connectivity index (χ2v) is 9.82. The number of morpholine rings is 1. The molecule has 8 heteroatoms. The zero-order chi connectivity index (χ0) is 19.6. The minimum atomic E-state index is -3.76. The molecule has 0 aromatic heterocycles. The predicted molar refractivity (Wildman–Crippen MR) is 104 cm³/mol. The molecule has 3 unspecified atom stereocenters. The van der Waals surface area contributed by atoms with Gasteiger partial charge in [-0.05, 0) is 36.5 Å². The number of carbonyl (C=O) groups is 1. The first-order chi connectivity index (χ1) is 12.8. The van der Waals surface area contributed by atoms with E-state index in [1.54, 1.807) is 6.07 Å². The summed E-state index contributed by atoms with van der Waals surface area (Å²) in [5, 5.41) is 3.21. The molecular weight excluding hydrogens is 388 g/mol. The molecule has 2 aliphatic rings. The van der Waals surface area contributed by atoms with Crippen LogP contribution in [-0.2, 0) is 14.8 Å². The van der Waals surface area contributed by atoms with Crippen LogP contribution in [0.3, 0.4) is 0 Å². The molecule has 1 aliphatic carbocycles. The van der Waals surface area contributed by atoms with Crippen LogP contribution in [0.4, 0.5) is 0 Å². The topological polar surface area (TPSA) is 75.7 Å². The van der Waals surface area contributed by atoms with Crippen molar-refractivity contribution in [2.75, 3.05) is 26.3 Å². The highest BCUT2D eigenvalue weighted by Gasteiger charge is 2.31. The second-order valence-electron chi connectivity index (χ2n) is 7.51. The van der Waals surface area contributed by atoms with Crippen molar-refractivity contribution < 1.29 is 17.9 Å². The molecule has 150 valence electrons. The van der Waals surface area contributed by atoms with Gasteiger partial charge in [0.1, 0.15) is 4.90 Å². The average molecular weight is 415 g/mol. The molecule has 1 aromatic carbocycles. The summed E-state index contributed by atoms with van der Waals surface area (Å²) in [6, 6.07) is 4.56. The van der Waals surface area contributed by atoms with Crippen LogP contribution in [0.15, 0.2) is 23.1 Å². The maximum atomic E-state index is 12.9. The highest BCUT2D eigenvalue weighted by Crippen LogP contribution is 2.30. The van der Waals surface area contributed by atoms with E-state index in [0.29, 0.717) is 30.6 Å². The number of rotatable bonds is 4. The van der Waals surface area contributed by atoms with Crippen LogP contribution in [0.1, 0.15) is 43.5 Å². The van der Waals surface area contributed by atoms with Crippen molar-refractivity contribution >= 4 is 27.5 Å². The molecule has 27 heavy (non-hydrogen) atoms. The van der Waals surface area contributed by atoms with Crippen molar-refractivity contribution in [1.29, 1.82) is 0 Å². The van der Waals surface area contributed by atoms with E-state index in [2.05, 4.69) is 19.2 Å². The number of benzene rings is 1. The predicted octanol–water partition coefficient (Wildman–Crippen LogP) is 2.92. The summed E-state index contributed by atoms with van der Waals surface area (Å²) in [6.45, 7) is 5.64. The molecule has 1 aromatic rings. The van der Waals surface area contributed by atoms with Crippen molar-refractivity contribution in [2.24, 2.45) is 11.8 Å². The van der Waals surface area contributed by atoms with E-state index in [0.717, 1.165) is 12.8 Å². The third kappa shape index (κ3) is 4.47. The van der Waals surface area contributed by atoms with Gasteiger partial charge in [0.2, 0.25) is 10.0 Å². The fourth-order valence-corrected chi connectivity index (χ4v) is 5.71. The smallest absolute Gasteiger partial charge is 0.251 e. The molecule has 0 bridgehead atoms. The monoisotopic (exact) mass is 414 g/mol. The first-order valence-corrected chi connectivity index (χ1v) is 11.3. The van der Waals surface area contributed by atoms with Gasteiger partial charge in [0.25, 0.3) is 5.91 Å². The minimum absolute atomic E-state index is 0.0243. The number of amides is 1. The third-order valence-electron chi connectivity index (χ3n) is 5.80. The highest BCUT2D eigenvalue weighted by atomic mass is 35.5. The van der Waals surface area contributed by atoms with Gasteiger partial charge in [-0.2, -0.15) is 4.31 Å². The Balaban J connectivity index is 1.81. The van der Waals surface area contributed by atoms with Gasteiger partial charge in [-0.25, -0.2) is 8.42 Å². The lowest BCUT2D eigenvalue weighted by Gasteiger charge is -2.34. The van der Waals surface area contributed by atoms with Crippen LogP contribution in [-0.4, -0.2) is 51.0 Å². The Morgan fingerprint density at radius 1 is 1.22 bits per heavy atom. The lowest BCUT2D eigenvalue weighted by Crippen LogP contribution is -2.43. The van der Waals surface area contributed by atoms with Crippen molar-refractivity contribution in [2.45, 2.75) is 44.0 Å². The summed E-state index contributed by atoms with van der Waals surface area (Å²) in [6.07, 6.45) is 3.22. The number of carbonyl (C=O) groups excluding carboxylic acids is 1. The Hall–Kier alpha value is -1.15. The number of hydrogen-bond acceptors (Lipinski definition) is 4. The fourth-order valence-electron chi connectivity index (χ4n) is 3.81. The molecule has 6 nitrogen and oxygen atoms in total. The molecule has 1 saturated carbocycles. The average Bonchev–Trinajstić information content (AvgIpc) is 2.66. The molecule has 3 rings (SSSR count). The lowest BCUT2D eigenvalue weighted by atomic mass is 9.78. The van der Waals surface area contributed by atoms with Gasteiger partial charge in [0.15, 0.2) is 0 Å². The third-order valence-corrected chi connectivity index (χ3v) is 8.18. The van der Waals surface area contributed by atoms with Crippen molar-refractivity contribution in [3.8, 4) is 0 Å². The fraction of sp³-hybridized carbons (Fsp3) is 0.632. The molecule has 2 fully saturated rings. The van der Waals surface area contributed by atoms with Crippen molar-refractivity contribution in [1.82, 2.24) is 9.62 Å². The summed E-state index contributed by atoms with van der Waals surface area (Å²) in [7, 11) is -3.76. The molecule has 1 amide bonds. The molecule has 1 saturated heterocycles. The van der Waals surface area contributed by atoms with E-state index >= 15 is 0 Å². The largest absolute Gasteiger partial charge is 0.379 e. The molecule has 1 aliphatic heterocycles. The Labute approximate surface area is 166 Å². The maximum absolute atomic E-state index is 12.9. The Morgan fingerprint density at radius 2 is 1.93 bits per heavy atom. The standard InChI is InChI=1S/C19H27ClN2O4S/c1-13-4-3-5-17(14(13)2)21-19(23)15-6-7-16(20)18(12-15)27(24,25)22-8-10-26-11-9-22/h6-7,12-14,17H,3-5,8-11H2,1-2H3,(H,21,23). The van der Waals surface area contributed by atoms with Crippen LogP contribution >= 0.6 is 11.6 Å². The second kappa shape index (κ2) is 8.47. The Kier molecular flexibility index (Phi) is 6.46. The van der Waals surface area contributed by atoms with Crippen molar-refractivity contribution in [3.05, 3.63) is 28.8 Å². The van der Waals surface area contributed by atoms with Crippen LogP contribution in [0, 0.1) is 11.8 Å². The van der Waals surface area contributed by atoms with Gasteiger partial charge in [-0.15, -0.1) is 0 Å². The zero-order valence-electron chi connectivity index (χ0n) is 15.8. The SMILES string of the molecule is CC1CCCC(NC(=O)c2ccc(Cl)c(S(=O)(=O)N3CCOCC3)c2)C1C. The van der Waals surface area contributed by atoms with E-state index in [-0.39, 0.29) is 35.0 Å². The number of halogens is 1. The minimum Gasteiger partial charge on any atom is -0.379 e. The van der Waals surface area contributed by atoms with Gasteiger partial charge in [-0.1, -0.05) is 38.3 Å². The van der Waals surface area contributed by atoms with Gasteiger partial charge < -0.3 is 10.1 Å². The van der Waals surface area contributed by atoms with Crippen LogP contribution in [0.5, 0.6) is 0 Å². The highest BCUT2D eigenvalue weighted by molar-refractivity contribution is 7.89. The van der Waals surface area contributed by atoms with Gasteiger partial charge >= 0.3 is 0 Å². The van der Waals surface area contributed by atoms with E-state index in [9.17, 15) is 13.2 Å². The number of nitrogens with one attached hydrogen (secondary N) is 1. The molecular formula is C19H27ClN2O4S. The van der Waals surface area contributed by atoms with Crippen LogP contribution < -0.4 is 5.32 Å². The van der Waals surface area contributed by atoms with E-state index in [1.807, 2.05) is 0 Å². The first kappa shape index (κ1) is 20.6. The number of ether oxygens (including phenoxy) is 1. The summed E-state index contributed by atoms with van der Waals surface area (Å²) >= 11 is 6.17. The molecule has 3 atom stereocenters. The Morgan fingerprint density at radius 3 is 2.63 bits per heavy atom. The van der Waals surface area contributed by atoms with Gasteiger partial charge in [0, 0.05) is 24.7 Å². The molecule has 1 heterocycles. The maximum Gasteiger partial charge on any atom is 0.251 e. The summed E-state index contributed by atoms with van der Waals surface area (Å²) < 4.78 is 32.4. The summed E-state index contributed by atoms with van der Waals surface area (Å²) in [5.41, 5.74) is 0.316. The molecule has 0 spiro atoms. The number of hydrogen-bond donors (Lipinski definition) is 1. The summed E-state index contributed by atoms with van der Waals surface area (Å²) in [4.78, 5) is 12.7. The number of nitrogens with zero attached hydrogens (tertiary/aromatic N) is 1.